The van der Waals surface area contributed by atoms with Crippen molar-refractivity contribution in [3.8, 4) is 5.95 Å². The van der Waals surface area contributed by atoms with E-state index in [4.69, 9.17) is 4.52 Å². The molecule has 0 bridgehead atoms. The molecule has 120 valence electrons. The first-order chi connectivity index (χ1) is 11.3. The maximum atomic E-state index is 5.55. The fraction of sp³-hybridized carbons (Fsp3) is 0.471. The van der Waals surface area contributed by atoms with E-state index < -0.39 is 0 Å². The molecule has 0 N–H and O–H groups in total. The van der Waals surface area contributed by atoms with E-state index in [0.717, 1.165) is 54.8 Å². The zero-order valence-corrected chi connectivity index (χ0v) is 13.6. The topological polar surface area (TPSA) is 60.0 Å². The zero-order valence-electron chi connectivity index (χ0n) is 13.6. The number of hydrogen-bond acceptors (Lipinski definition) is 5. The lowest BCUT2D eigenvalue weighted by Gasteiger charge is -2.26. The first-order valence-electron chi connectivity index (χ1n) is 8.25. The Bertz CT molecular complexity index is 813. The largest absolute Gasteiger partial charge is 0.337 e. The molecule has 0 spiro atoms. The van der Waals surface area contributed by atoms with Gasteiger partial charge in [0.15, 0.2) is 0 Å². The number of fused-ring (bicyclic) bond motifs is 1. The molecule has 2 aromatic heterocycles. The van der Waals surface area contributed by atoms with Gasteiger partial charge >= 0.3 is 0 Å². The minimum Gasteiger partial charge on any atom is -0.337 e. The van der Waals surface area contributed by atoms with Gasteiger partial charge in [-0.15, -0.1) is 0 Å². The highest BCUT2D eigenvalue weighted by Gasteiger charge is 2.24. The molecular weight excluding hydrogens is 290 g/mol. The van der Waals surface area contributed by atoms with Gasteiger partial charge in [-0.05, 0) is 50.6 Å². The van der Waals surface area contributed by atoms with Crippen molar-refractivity contribution in [1.29, 1.82) is 0 Å². The highest BCUT2D eigenvalue weighted by atomic mass is 16.5. The summed E-state index contributed by atoms with van der Waals surface area (Å²) in [5, 5.41) is 10.0. The summed E-state index contributed by atoms with van der Waals surface area (Å²) >= 11 is 0. The Kier molecular flexibility index (Phi) is 3.61. The Labute approximate surface area is 135 Å². The normalized spacial score (nSPS) is 17.1. The van der Waals surface area contributed by atoms with Gasteiger partial charge in [0.25, 0.3) is 5.95 Å². The number of aryl methyl sites for hydroxylation is 1. The Balaban J connectivity index is 1.69. The van der Waals surface area contributed by atoms with Crippen LogP contribution in [0.4, 0.5) is 0 Å². The van der Waals surface area contributed by atoms with Crippen molar-refractivity contribution < 1.29 is 4.52 Å². The fourth-order valence-electron chi connectivity index (χ4n) is 3.28. The number of hydrogen-bond donors (Lipinski definition) is 0. The molecule has 0 aliphatic carbocycles. The Morgan fingerprint density at radius 2 is 2.00 bits per heavy atom. The molecule has 1 fully saturated rings. The van der Waals surface area contributed by atoms with Crippen molar-refractivity contribution in [2.45, 2.75) is 32.1 Å². The van der Waals surface area contributed by atoms with Gasteiger partial charge < -0.3 is 9.42 Å². The number of rotatable bonds is 3. The lowest BCUT2D eigenvalue weighted by molar-refractivity contribution is 0.227. The van der Waals surface area contributed by atoms with Crippen molar-refractivity contribution in [2.75, 3.05) is 20.1 Å². The number of benzene rings is 1. The minimum absolute atomic E-state index is 0.361. The third-order valence-corrected chi connectivity index (χ3v) is 4.69. The molecule has 0 unspecified atom stereocenters. The van der Waals surface area contributed by atoms with E-state index in [1.54, 1.807) is 4.68 Å². The molecule has 1 saturated heterocycles. The Morgan fingerprint density at radius 1 is 1.22 bits per heavy atom. The maximum absolute atomic E-state index is 5.55. The number of piperidine rings is 1. The SMILES string of the molecule is CCc1nn(-c2noc(C3CCN(C)CC3)n2)c2ccccc12. The summed E-state index contributed by atoms with van der Waals surface area (Å²) in [5.74, 6) is 1.64. The Morgan fingerprint density at radius 3 is 2.78 bits per heavy atom. The smallest absolute Gasteiger partial charge is 0.291 e. The number of para-hydroxylation sites is 1. The van der Waals surface area contributed by atoms with Crippen LogP contribution in [0.3, 0.4) is 0 Å². The van der Waals surface area contributed by atoms with Crippen LogP contribution in [-0.4, -0.2) is 45.0 Å². The molecular formula is C17H21N5O. The molecule has 0 amide bonds. The van der Waals surface area contributed by atoms with Crippen molar-refractivity contribution in [3.63, 3.8) is 0 Å². The van der Waals surface area contributed by atoms with Gasteiger partial charge in [-0.2, -0.15) is 14.8 Å². The molecule has 6 heteroatoms. The lowest BCUT2D eigenvalue weighted by atomic mass is 9.97. The molecule has 1 aromatic carbocycles. The van der Waals surface area contributed by atoms with Crippen molar-refractivity contribution >= 4 is 10.9 Å². The predicted octanol–water partition coefficient (Wildman–Crippen LogP) is 2.78. The van der Waals surface area contributed by atoms with Crippen molar-refractivity contribution in [1.82, 2.24) is 24.8 Å². The number of nitrogens with zero attached hydrogens (tertiary/aromatic N) is 5. The minimum atomic E-state index is 0.361. The monoisotopic (exact) mass is 311 g/mol. The van der Waals surface area contributed by atoms with Gasteiger partial charge in [0, 0.05) is 11.3 Å². The average molecular weight is 311 g/mol. The molecule has 3 aromatic rings. The average Bonchev–Trinajstić information content (AvgIpc) is 3.20. The van der Waals surface area contributed by atoms with Gasteiger partial charge in [0.05, 0.1) is 11.2 Å². The van der Waals surface area contributed by atoms with Crippen LogP contribution in [0, 0.1) is 0 Å². The maximum Gasteiger partial charge on any atom is 0.291 e. The standard InChI is InChI=1S/C17H21N5O/c1-3-14-13-6-4-5-7-15(13)22(19-14)17-18-16(23-20-17)12-8-10-21(2)11-9-12/h4-7,12H,3,8-11H2,1-2H3. The number of aromatic nitrogens is 4. The summed E-state index contributed by atoms with van der Waals surface area (Å²) in [6.45, 7) is 4.26. The number of likely N-dealkylation sites (tertiary alicyclic amines) is 1. The second kappa shape index (κ2) is 5.77. The third kappa shape index (κ3) is 2.53. The van der Waals surface area contributed by atoms with E-state index in [9.17, 15) is 0 Å². The van der Waals surface area contributed by atoms with E-state index in [-0.39, 0.29) is 0 Å². The van der Waals surface area contributed by atoms with Gasteiger partial charge in [-0.3, -0.25) is 0 Å². The molecule has 23 heavy (non-hydrogen) atoms. The first kappa shape index (κ1) is 14.4. The summed E-state index contributed by atoms with van der Waals surface area (Å²) < 4.78 is 7.35. The quantitative estimate of drug-likeness (QED) is 0.744. The van der Waals surface area contributed by atoms with Gasteiger partial charge in [0.1, 0.15) is 0 Å². The van der Waals surface area contributed by atoms with Crippen LogP contribution in [0.5, 0.6) is 0 Å². The van der Waals surface area contributed by atoms with E-state index in [1.807, 2.05) is 18.2 Å². The summed E-state index contributed by atoms with van der Waals surface area (Å²) in [5.41, 5.74) is 2.09. The fourth-order valence-corrected chi connectivity index (χ4v) is 3.28. The molecule has 1 aliphatic heterocycles. The van der Waals surface area contributed by atoms with Crippen molar-refractivity contribution in [3.05, 3.63) is 35.9 Å². The van der Waals surface area contributed by atoms with Crippen LogP contribution in [0.15, 0.2) is 28.8 Å². The van der Waals surface area contributed by atoms with Crippen molar-refractivity contribution in [2.24, 2.45) is 0 Å². The molecule has 4 rings (SSSR count). The Hall–Kier alpha value is -2.21. The highest BCUT2D eigenvalue weighted by molar-refractivity contribution is 5.83. The van der Waals surface area contributed by atoms with Crippen LogP contribution in [0.25, 0.3) is 16.9 Å². The van der Waals surface area contributed by atoms with Crippen LogP contribution >= 0.6 is 0 Å². The van der Waals surface area contributed by atoms with Gasteiger partial charge in [-0.1, -0.05) is 25.1 Å². The summed E-state index contributed by atoms with van der Waals surface area (Å²) in [6, 6.07) is 8.19. The molecule has 1 aliphatic rings. The molecule has 0 radical (unpaired) electrons. The van der Waals surface area contributed by atoms with Crippen LogP contribution in [0.2, 0.25) is 0 Å². The van der Waals surface area contributed by atoms with Crippen LogP contribution < -0.4 is 0 Å². The summed E-state index contributed by atoms with van der Waals surface area (Å²) in [6.07, 6.45) is 3.02. The van der Waals surface area contributed by atoms with Gasteiger partial charge in [0.2, 0.25) is 5.89 Å². The molecule has 0 saturated carbocycles. The van der Waals surface area contributed by atoms with Gasteiger partial charge in [-0.25, -0.2) is 0 Å². The lowest BCUT2D eigenvalue weighted by Crippen LogP contribution is -2.29. The summed E-state index contributed by atoms with van der Waals surface area (Å²) in [7, 11) is 2.15. The van der Waals surface area contributed by atoms with E-state index in [1.165, 1.54) is 0 Å². The molecule has 3 heterocycles. The highest BCUT2D eigenvalue weighted by Crippen LogP contribution is 2.27. The first-order valence-corrected chi connectivity index (χ1v) is 8.25. The zero-order chi connectivity index (χ0) is 15.8. The summed E-state index contributed by atoms with van der Waals surface area (Å²) in [4.78, 5) is 6.97. The third-order valence-electron chi connectivity index (χ3n) is 4.69. The molecule has 0 atom stereocenters. The molecule has 6 nitrogen and oxygen atoms in total. The van der Waals surface area contributed by atoms with E-state index in [0.29, 0.717) is 11.9 Å². The van der Waals surface area contributed by atoms with E-state index >= 15 is 0 Å². The predicted molar refractivity (Wildman–Crippen MR) is 87.8 cm³/mol. The van der Waals surface area contributed by atoms with E-state index in [2.05, 4.69) is 40.2 Å². The second-order valence-electron chi connectivity index (χ2n) is 6.24. The van der Waals surface area contributed by atoms with Crippen LogP contribution in [0.1, 0.15) is 37.3 Å². The van der Waals surface area contributed by atoms with Crippen LogP contribution in [-0.2, 0) is 6.42 Å². The second-order valence-corrected chi connectivity index (χ2v) is 6.24.